The van der Waals surface area contributed by atoms with E-state index in [9.17, 15) is 10.1 Å². The van der Waals surface area contributed by atoms with Crippen molar-refractivity contribution in [2.24, 2.45) is 5.92 Å². The van der Waals surface area contributed by atoms with E-state index >= 15 is 0 Å². The van der Waals surface area contributed by atoms with Gasteiger partial charge in [-0.3, -0.25) is 10.1 Å². The molecule has 0 amide bonds. The average Bonchev–Trinajstić information content (AvgIpc) is 2.26. The lowest BCUT2D eigenvalue weighted by Crippen LogP contribution is -2.14. The van der Waals surface area contributed by atoms with Gasteiger partial charge in [0.15, 0.2) is 0 Å². The molecule has 0 saturated carbocycles. The number of nitro benzene ring substituents is 1. The first-order valence-corrected chi connectivity index (χ1v) is 6.28. The van der Waals surface area contributed by atoms with Crippen LogP contribution in [0.4, 0.5) is 5.69 Å². The molecule has 3 nitrogen and oxygen atoms in total. The van der Waals surface area contributed by atoms with Gasteiger partial charge >= 0.3 is 0 Å². The zero-order chi connectivity index (χ0) is 13.0. The van der Waals surface area contributed by atoms with E-state index in [1.807, 2.05) is 13.0 Å². The van der Waals surface area contributed by atoms with E-state index in [-0.39, 0.29) is 16.0 Å². The fraction of sp³-hybridized carbons (Fsp3) is 0.538. The molecule has 2 unspecified atom stereocenters. The van der Waals surface area contributed by atoms with Gasteiger partial charge in [-0.15, -0.1) is 11.6 Å². The summed E-state index contributed by atoms with van der Waals surface area (Å²) >= 11 is 6.11. The molecular formula is C13H18ClNO2. The van der Waals surface area contributed by atoms with Crippen LogP contribution in [0.15, 0.2) is 18.2 Å². The number of halogens is 1. The lowest BCUT2D eigenvalue weighted by atomic mass is 9.91. The Hall–Kier alpha value is -1.09. The molecule has 1 aromatic rings. The number of alkyl halides is 1. The standard InChI is InChI=1S/C13H18ClNO2/c1-4-11(10(3)14)8-12-6-5-7-13(9(12)2)15(16)17/h5-7,10-11H,4,8H2,1-3H3. The predicted octanol–water partition coefficient (Wildman–Crippen LogP) is 4.10. The fourth-order valence-electron chi connectivity index (χ4n) is 2.00. The highest BCUT2D eigenvalue weighted by Crippen LogP contribution is 2.26. The zero-order valence-electron chi connectivity index (χ0n) is 10.4. The maximum absolute atomic E-state index is 10.8. The minimum atomic E-state index is -0.329. The van der Waals surface area contributed by atoms with Crippen LogP contribution < -0.4 is 0 Å². The summed E-state index contributed by atoms with van der Waals surface area (Å²) in [6, 6.07) is 5.24. The van der Waals surface area contributed by atoms with Gasteiger partial charge in [0.2, 0.25) is 0 Å². The van der Waals surface area contributed by atoms with Crippen molar-refractivity contribution in [2.45, 2.75) is 39.0 Å². The highest BCUT2D eigenvalue weighted by molar-refractivity contribution is 6.20. The average molecular weight is 256 g/mol. The smallest absolute Gasteiger partial charge is 0.258 e. The number of benzene rings is 1. The van der Waals surface area contributed by atoms with E-state index in [0.717, 1.165) is 24.0 Å². The van der Waals surface area contributed by atoms with Gasteiger partial charge in [-0.1, -0.05) is 25.5 Å². The van der Waals surface area contributed by atoms with Gasteiger partial charge in [-0.25, -0.2) is 0 Å². The summed E-state index contributed by atoms with van der Waals surface area (Å²) in [5, 5.41) is 10.9. The molecule has 0 radical (unpaired) electrons. The van der Waals surface area contributed by atoms with Gasteiger partial charge in [-0.2, -0.15) is 0 Å². The summed E-state index contributed by atoms with van der Waals surface area (Å²) in [6.45, 7) is 5.87. The summed E-state index contributed by atoms with van der Waals surface area (Å²) in [7, 11) is 0. The van der Waals surface area contributed by atoms with Gasteiger partial charge in [0.25, 0.3) is 5.69 Å². The Balaban J connectivity index is 2.99. The SMILES string of the molecule is CCC(Cc1cccc([N+](=O)[O-])c1C)C(C)Cl. The molecule has 0 fully saturated rings. The van der Waals surface area contributed by atoms with E-state index in [4.69, 9.17) is 11.6 Å². The number of nitro groups is 1. The Morgan fingerprint density at radius 1 is 1.47 bits per heavy atom. The molecule has 0 N–H and O–H groups in total. The van der Waals surface area contributed by atoms with Gasteiger partial charge in [0.05, 0.1) is 4.92 Å². The summed E-state index contributed by atoms with van der Waals surface area (Å²) in [4.78, 5) is 10.5. The molecule has 0 saturated heterocycles. The third-order valence-corrected chi connectivity index (χ3v) is 3.63. The van der Waals surface area contributed by atoms with Crippen LogP contribution in [0.25, 0.3) is 0 Å². The summed E-state index contributed by atoms with van der Waals surface area (Å²) in [5.74, 6) is 0.359. The van der Waals surface area contributed by atoms with Crippen LogP contribution in [0.5, 0.6) is 0 Å². The van der Waals surface area contributed by atoms with Gasteiger partial charge in [0.1, 0.15) is 0 Å². The largest absolute Gasteiger partial charge is 0.272 e. The van der Waals surface area contributed by atoms with E-state index in [0.29, 0.717) is 5.92 Å². The molecule has 0 aliphatic heterocycles. The van der Waals surface area contributed by atoms with Gasteiger partial charge in [-0.05, 0) is 31.7 Å². The Morgan fingerprint density at radius 2 is 2.12 bits per heavy atom. The van der Waals surface area contributed by atoms with Crippen LogP contribution in [-0.2, 0) is 6.42 Å². The first kappa shape index (κ1) is 14.0. The van der Waals surface area contributed by atoms with Crippen molar-refractivity contribution in [3.8, 4) is 0 Å². The van der Waals surface area contributed by atoms with Crippen molar-refractivity contribution < 1.29 is 4.92 Å². The maximum atomic E-state index is 10.8. The maximum Gasteiger partial charge on any atom is 0.272 e. The zero-order valence-corrected chi connectivity index (χ0v) is 11.2. The second kappa shape index (κ2) is 6.01. The lowest BCUT2D eigenvalue weighted by molar-refractivity contribution is -0.385. The van der Waals surface area contributed by atoms with Crippen LogP contribution in [0.1, 0.15) is 31.4 Å². The van der Waals surface area contributed by atoms with Crippen molar-refractivity contribution in [3.05, 3.63) is 39.4 Å². The highest BCUT2D eigenvalue weighted by Gasteiger charge is 2.18. The highest BCUT2D eigenvalue weighted by atomic mass is 35.5. The molecule has 4 heteroatoms. The van der Waals surface area contributed by atoms with Crippen molar-refractivity contribution in [2.75, 3.05) is 0 Å². The fourth-order valence-corrected chi connectivity index (χ4v) is 2.27. The Morgan fingerprint density at radius 3 is 2.59 bits per heavy atom. The monoisotopic (exact) mass is 255 g/mol. The molecule has 2 atom stereocenters. The van der Waals surface area contributed by atoms with Gasteiger partial charge in [0, 0.05) is 17.0 Å². The van der Waals surface area contributed by atoms with Crippen molar-refractivity contribution in [1.82, 2.24) is 0 Å². The van der Waals surface area contributed by atoms with E-state index in [2.05, 4.69) is 6.92 Å². The molecule has 0 aliphatic rings. The van der Waals surface area contributed by atoms with Crippen LogP contribution >= 0.6 is 11.6 Å². The second-order valence-electron chi connectivity index (χ2n) is 4.37. The molecule has 0 bridgehead atoms. The summed E-state index contributed by atoms with van der Waals surface area (Å²) in [6.07, 6.45) is 1.78. The molecule has 0 spiro atoms. The summed E-state index contributed by atoms with van der Waals surface area (Å²) < 4.78 is 0. The molecule has 0 aromatic heterocycles. The van der Waals surface area contributed by atoms with E-state index < -0.39 is 0 Å². The minimum absolute atomic E-state index is 0.0821. The van der Waals surface area contributed by atoms with Crippen LogP contribution in [0.3, 0.4) is 0 Å². The minimum Gasteiger partial charge on any atom is -0.258 e. The van der Waals surface area contributed by atoms with Gasteiger partial charge < -0.3 is 0 Å². The second-order valence-corrected chi connectivity index (χ2v) is 5.06. The van der Waals surface area contributed by atoms with Crippen LogP contribution in [0, 0.1) is 23.0 Å². The molecular weight excluding hydrogens is 238 g/mol. The Labute approximate surface area is 107 Å². The van der Waals surface area contributed by atoms with Crippen molar-refractivity contribution in [1.29, 1.82) is 0 Å². The topological polar surface area (TPSA) is 43.1 Å². The molecule has 1 aromatic carbocycles. The van der Waals surface area contributed by atoms with Crippen molar-refractivity contribution >= 4 is 17.3 Å². The number of rotatable bonds is 5. The Kier molecular flexibility index (Phi) is 4.94. The lowest BCUT2D eigenvalue weighted by Gasteiger charge is -2.18. The first-order chi connectivity index (χ1) is 7.97. The molecule has 0 heterocycles. The number of hydrogen-bond acceptors (Lipinski definition) is 2. The molecule has 0 aliphatic carbocycles. The third-order valence-electron chi connectivity index (χ3n) is 3.27. The quantitative estimate of drug-likeness (QED) is 0.452. The number of nitrogens with zero attached hydrogens (tertiary/aromatic N) is 1. The van der Waals surface area contributed by atoms with E-state index in [1.165, 1.54) is 0 Å². The molecule has 94 valence electrons. The summed E-state index contributed by atoms with van der Waals surface area (Å²) in [5.41, 5.74) is 1.98. The van der Waals surface area contributed by atoms with Crippen molar-refractivity contribution in [3.63, 3.8) is 0 Å². The first-order valence-electron chi connectivity index (χ1n) is 5.84. The normalized spacial score (nSPS) is 14.4. The third kappa shape index (κ3) is 3.43. The molecule has 1 rings (SSSR count). The molecule has 17 heavy (non-hydrogen) atoms. The number of hydrogen-bond donors (Lipinski definition) is 0. The predicted molar refractivity (Wildman–Crippen MR) is 70.6 cm³/mol. The Bertz CT molecular complexity index is 404. The van der Waals surface area contributed by atoms with Crippen LogP contribution in [-0.4, -0.2) is 10.3 Å². The van der Waals surface area contributed by atoms with Crippen LogP contribution in [0.2, 0.25) is 0 Å². The van der Waals surface area contributed by atoms with E-state index in [1.54, 1.807) is 19.1 Å².